The summed E-state index contributed by atoms with van der Waals surface area (Å²) in [5, 5.41) is 21.5. The molecule has 3 rings (SSSR count). The molecule has 4 heteroatoms. The van der Waals surface area contributed by atoms with Crippen molar-refractivity contribution in [1.82, 2.24) is 0 Å². The van der Waals surface area contributed by atoms with Crippen molar-refractivity contribution >= 4 is 11.6 Å². The molecule has 0 saturated carbocycles. The van der Waals surface area contributed by atoms with Gasteiger partial charge in [-0.05, 0) is 47.5 Å². The third kappa shape index (κ3) is 3.49. The minimum absolute atomic E-state index is 0.102. The molecule has 3 N–H and O–H groups in total. The Bertz CT molecular complexity index is 824. The Morgan fingerprint density at radius 3 is 1.96 bits per heavy atom. The Kier molecular flexibility index (Phi) is 3.97. The highest BCUT2D eigenvalue weighted by Gasteiger charge is 2.07. The molecule has 0 aliphatic rings. The molecule has 23 heavy (non-hydrogen) atoms. The third-order valence-electron chi connectivity index (χ3n) is 3.45. The van der Waals surface area contributed by atoms with Crippen molar-refractivity contribution in [3.63, 3.8) is 0 Å². The van der Waals surface area contributed by atoms with E-state index in [1.54, 1.807) is 42.5 Å². The second-order valence-corrected chi connectivity index (χ2v) is 5.13. The lowest BCUT2D eigenvalue weighted by Gasteiger charge is -2.07. The fourth-order valence-corrected chi connectivity index (χ4v) is 2.25. The number of rotatable bonds is 3. The molecular formula is C19H15NO3. The molecule has 114 valence electrons. The van der Waals surface area contributed by atoms with Crippen LogP contribution in [0.1, 0.15) is 10.4 Å². The van der Waals surface area contributed by atoms with Crippen LogP contribution in [0.2, 0.25) is 0 Å². The van der Waals surface area contributed by atoms with Crippen molar-refractivity contribution < 1.29 is 15.0 Å². The fourth-order valence-electron chi connectivity index (χ4n) is 2.25. The van der Waals surface area contributed by atoms with Gasteiger partial charge in [0, 0.05) is 17.3 Å². The minimum atomic E-state index is -0.243. The molecule has 4 nitrogen and oxygen atoms in total. The summed E-state index contributed by atoms with van der Waals surface area (Å²) in [6.45, 7) is 0. The number of aromatic hydroxyl groups is 2. The van der Waals surface area contributed by atoms with Crippen molar-refractivity contribution in [2.24, 2.45) is 0 Å². The van der Waals surface area contributed by atoms with Crippen LogP contribution in [0.3, 0.4) is 0 Å². The number of anilines is 1. The number of hydrogen-bond acceptors (Lipinski definition) is 3. The number of phenolic OH excluding ortho intramolecular Hbond substituents is 2. The lowest BCUT2D eigenvalue weighted by molar-refractivity contribution is 0.102. The molecule has 0 fully saturated rings. The van der Waals surface area contributed by atoms with Crippen LogP contribution in [0.4, 0.5) is 5.69 Å². The number of benzene rings is 3. The molecule has 0 spiro atoms. The number of carbonyl (C=O) groups excluding carboxylic acids is 1. The Morgan fingerprint density at radius 1 is 0.739 bits per heavy atom. The average Bonchev–Trinajstić information content (AvgIpc) is 2.56. The molecule has 0 heterocycles. The van der Waals surface area contributed by atoms with Crippen LogP contribution in [0.5, 0.6) is 11.5 Å². The van der Waals surface area contributed by atoms with Gasteiger partial charge < -0.3 is 15.5 Å². The molecule has 0 aromatic heterocycles. The maximum atomic E-state index is 12.2. The lowest BCUT2D eigenvalue weighted by atomic mass is 10.0. The van der Waals surface area contributed by atoms with Crippen LogP contribution in [0, 0.1) is 0 Å². The zero-order valence-electron chi connectivity index (χ0n) is 12.2. The Labute approximate surface area is 133 Å². The summed E-state index contributed by atoms with van der Waals surface area (Å²) in [5.74, 6) is 0.0780. The predicted molar refractivity (Wildman–Crippen MR) is 89.6 cm³/mol. The van der Waals surface area contributed by atoms with Crippen LogP contribution in [-0.2, 0) is 0 Å². The van der Waals surface area contributed by atoms with Gasteiger partial charge in [0.1, 0.15) is 11.5 Å². The fraction of sp³-hybridized carbons (Fsp3) is 0. The lowest BCUT2D eigenvalue weighted by Crippen LogP contribution is -2.11. The largest absolute Gasteiger partial charge is 0.508 e. The van der Waals surface area contributed by atoms with Crippen molar-refractivity contribution in [2.75, 3.05) is 5.32 Å². The van der Waals surface area contributed by atoms with E-state index in [9.17, 15) is 15.0 Å². The molecule has 0 atom stereocenters. The highest BCUT2D eigenvalue weighted by Crippen LogP contribution is 2.23. The van der Waals surface area contributed by atoms with E-state index in [0.717, 1.165) is 11.1 Å². The van der Waals surface area contributed by atoms with E-state index in [2.05, 4.69) is 5.32 Å². The second-order valence-electron chi connectivity index (χ2n) is 5.13. The van der Waals surface area contributed by atoms with Gasteiger partial charge in [0.25, 0.3) is 5.91 Å². The highest BCUT2D eigenvalue weighted by atomic mass is 16.3. The standard InChI is InChI=1S/C19H15NO3/c21-17-10-8-14(9-11-17)13-4-6-15(7-5-13)19(23)20-16-2-1-3-18(22)12-16/h1-12,21-22H,(H,20,23). The smallest absolute Gasteiger partial charge is 0.255 e. The summed E-state index contributed by atoms with van der Waals surface area (Å²) in [6, 6.07) is 20.5. The summed E-state index contributed by atoms with van der Waals surface area (Å²) in [7, 11) is 0. The highest BCUT2D eigenvalue weighted by molar-refractivity contribution is 6.04. The molecule has 1 amide bonds. The first-order valence-electron chi connectivity index (χ1n) is 7.12. The minimum Gasteiger partial charge on any atom is -0.508 e. The quantitative estimate of drug-likeness (QED) is 0.684. The predicted octanol–water partition coefficient (Wildman–Crippen LogP) is 4.02. The number of carbonyl (C=O) groups is 1. The Morgan fingerprint density at radius 2 is 1.35 bits per heavy atom. The first-order valence-corrected chi connectivity index (χ1v) is 7.12. The molecule has 0 aliphatic heterocycles. The molecule has 0 saturated heterocycles. The van der Waals surface area contributed by atoms with Crippen molar-refractivity contribution in [2.45, 2.75) is 0 Å². The summed E-state index contributed by atoms with van der Waals surface area (Å²) >= 11 is 0. The zero-order valence-corrected chi connectivity index (χ0v) is 12.2. The summed E-state index contributed by atoms with van der Waals surface area (Å²) in [6.07, 6.45) is 0. The van der Waals surface area contributed by atoms with Gasteiger partial charge in [0.15, 0.2) is 0 Å². The molecule has 3 aromatic carbocycles. The maximum Gasteiger partial charge on any atom is 0.255 e. The van der Waals surface area contributed by atoms with Gasteiger partial charge in [0.05, 0.1) is 0 Å². The average molecular weight is 305 g/mol. The molecule has 0 unspecified atom stereocenters. The number of amides is 1. The van der Waals surface area contributed by atoms with Crippen molar-refractivity contribution in [3.8, 4) is 22.6 Å². The number of phenols is 2. The zero-order chi connectivity index (χ0) is 16.2. The van der Waals surface area contributed by atoms with E-state index in [1.165, 1.54) is 6.07 Å². The SMILES string of the molecule is O=C(Nc1cccc(O)c1)c1ccc(-c2ccc(O)cc2)cc1. The number of nitrogens with one attached hydrogen (secondary N) is 1. The van der Waals surface area contributed by atoms with Crippen LogP contribution >= 0.6 is 0 Å². The normalized spacial score (nSPS) is 10.3. The van der Waals surface area contributed by atoms with Crippen molar-refractivity contribution in [1.29, 1.82) is 0 Å². The second kappa shape index (κ2) is 6.23. The van der Waals surface area contributed by atoms with E-state index < -0.39 is 0 Å². The van der Waals surface area contributed by atoms with E-state index in [0.29, 0.717) is 11.3 Å². The van der Waals surface area contributed by atoms with E-state index in [1.807, 2.05) is 24.3 Å². The van der Waals surface area contributed by atoms with Gasteiger partial charge in [-0.2, -0.15) is 0 Å². The van der Waals surface area contributed by atoms with E-state index >= 15 is 0 Å². The van der Waals surface area contributed by atoms with Gasteiger partial charge in [-0.3, -0.25) is 4.79 Å². The van der Waals surface area contributed by atoms with Gasteiger partial charge >= 0.3 is 0 Å². The van der Waals surface area contributed by atoms with E-state index in [-0.39, 0.29) is 17.4 Å². The molecule has 0 aliphatic carbocycles. The van der Waals surface area contributed by atoms with Crippen LogP contribution in [-0.4, -0.2) is 16.1 Å². The molecular weight excluding hydrogens is 290 g/mol. The monoisotopic (exact) mass is 305 g/mol. The summed E-state index contributed by atoms with van der Waals surface area (Å²) in [5.41, 5.74) is 2.98. The number of hydrogen-bond donors (Lipinski definition) is 3. The summed E-state index contributed by atoms with van der Waals surface area (Å²) < 4.78 is 0. The van der Waals surface area contributed by atoms with E-state index in [4.69, 9.17) is 0 Å². The van der Waals surface area contributed by atoms with Gasteiger partial charge in [-0.25, -0.2) is 0 Å². The van der Waals surface area contributed by atoms with Crippen molar-refractivity contribution in [3.05, 3.63) is 78.4 Å². The third-order valence-corrected chi connectivity index (χ3v) is 3.45. The van der Waals surface area contributed by atoms with Crippen LogP contribution in [0.25, 0.3) is 11.1 Å². The first kappa shape index (κ1) is 14.7. The maximum absolute atomic E-state index is 12.2. The topological polar surface area (TPSA) is 69.6 Å². The Hall–Kier alpha value is -3.27. The van der Waals surface area contributed by atoms with Crippen LogP contribution < -0.4 is 5.32 Å². The van der Waals surface area contributed by atoms with Crippen LogP contribution in [0.15, 0.2) is 72.8 Å². The Balaban J connectivity index is 1.76. The van der Waals surface area contributed by atoms with Gasteiger partial charge in [-0.15, -0.1) is 0 Å². The molecule has 3 aromatic rings. The molecule has 0 radical (unpaired) electrons. The molecule has 0 bridgehead atoms. The first-order chi connectivity index (χ1) is 11.1. The van der Waals surface area contributed by atoms with Gasteiger partial charge in [0.2, 0.25) is 0 Å². The summed E-state index contributed by atoms with van der Waals surface area (Å²) in [4.78, 5) is 12.2. The van der Waals surface area contributed by atoms with Gasteiger partial charge in [-0.1, -0.05) is 30.3 Å².